The largest absolute Gasteiger partial charge is 0.480 e. The van der Waals surface area contributed by atoms with Gasteiger partial charge in [0.25, 0.3) is 11.5 Å². The molecule has 202 valence electrons. The smallest absolute Gasteiger partial charge is 0.416 e. The molecule has 6 nitrogen and oxygen atoms in total. The number of anilines is 1. The number of terminal acetylenes is 1. The number of benzene rings is 3. The summed E-state index contributed by atoms with van der Waals surface area (Å²) >= 11 is 5.85. The van der Waals surface area contributed by atoms with E-state index in [1.807, 2.05) is 0 Å². The Bertz CT molecular complexity index is 1650. The molecule has 40 heavy (non-hydrogen) atoms. The van der Waals surface area contributed by atoms with Crippen molar-refractivity contribution < 1.29 is 27.9 Å². The van der Waals surface area contributed by atoms with E-state index < -0.39 is 35.2 Å². The average Bonchev–Trinajstić information content (AvgIpc) is 3.53. The van der Waals surface area contributed by atoms with E-state index in [1.165, 1.54) is 23.4 Å². The van der Waals surface area contributed by atoms with Gasteiger partial charge in [0.2, 0.25) is 0 Å². The molecule has 2 aromatic carbocycles. The maximum atomic E-state index is 13.1. The fourth-order valence-corrected chi connectivity index (χ4v) is 3.98. The third kappa shape index (κ3) is 6.60. The monoisotopic (exact) mass is 564 g/mol. The third-order valence-electron chi connectivity index (χ3n) is 6.06. The minimum atomic E-state index is -4.57. The number of amides is 1. The van der Waals surface area contributed by atoms with Gasteiger partial charge in [-0.15, -0.1) is 6.42 Å². The molecule has 0 fully saturated rings. The molecule has 1 amide bonds. The van der Waals surface area contributed by atoms with E-state index in [4.69, 9.17) is 18.0 Å². The van der Waals surface area contributed by atoms with Crippen LogP contribution in [-0.2, 0) is 17.4 Å². The molecular weight excluding hydrogens is 545 g/mol. The van der Waals surface area contributed by atoms with Gasteiger partial charge in [-0.1, -0.05) is 47.9 Å². The second kappa shape index (κ2) is 11.5. The number of carboxylic acids is 1. The average molecular weight is 565 g/mol. The van der Waals surface area contributed by atoms with Crippen molar-refractivity contribution in [3.63, 3.8) is 0 Å². The number of nitrogens with zero attached hydrogens (tertiary/aromatic N) is 1. The van der Waals surface area contributed by atoms with Gasteiger partial charge in [0.15, 0.2) is 0 Å². The lowest BCUT2D eigenvalue weighted by Gasteiger charge is -2.18. The van der Waals surface area contributed by atoms with Gasteiger partial charge in [0, 0.05) is 23.2 Å². The molecule has 2 aliphatic carbocycles. The number of alkyl halides is 3. The summed E-state index contributed by atoms with van der Waals surface area (Å²) in [6.07, 6.45) is 1.99. The van der Waals surface area contributed by atoms with Gasteiger partial charge in [-0.25, -0.2) is 4.79 Å². The van der Waals surface area contributed by atoms with Crippen LogP contribution >= 0.6 is 11.6 Å². The molecule has 1 aromatic heterocycles. The van der Waals surface area contributed by atoms with E-state index in [0.717, 1.165) is 28.8 Å². The molecule has 0 saturated carbocycles. The summed E-state index contributed by atoms with van der Waals surface area (Å²) in [6, 6.07) is 18.2. The van der Waals surface area contributed by atoms with Gasteiger partial charge in [-0.3, -0.25) is 14.2 Å². The van der Waals surface area contributed by atoms with Crippen LogP contribution in [0.3, 0.4) is 0 Å². The van der Waals surface area contributed by atoms with Crippen LogP contribution in [0.25, 0.3) is 11.1 Å². The lowest BCUT2D eigenvalue weighted by molar-refractivity contribution is -0.141. The van der Waals surface area contributed by atoms with Gasteiger partial charge < -0.3 is 10.4 Å². The van der Waals surface area contributed by atoms with Gasteiger partial charge in [0.05, 0.1) is 11.1 Å². The van der Waals surface area contributed by atoms with Crippen molar-refractivity contribution in [3.05, 3.63) is 123 Å². The van der Waals surface area contributed by atoms with Crippen molar-refractivity contribution in [2.75, 3.05) is 5.32 Å². The highest BCUT2D eigenvalue weighted by Crippen LogP contribution is 2.32. The SMILES string of the molecule is C#Cc1ccn(C(Cc2ccc(Cl)cc2)C(=O)O)c(=O)c1NC(=O)c1ccc(C(F)(F)F)cc1.c1cc2cc-2c1. The summed E-state index contributed by atoms with van der Waals surface area (Å²) in [5.41, 5.74) is 1.10. The first-order valence-electron chi connectivity index (χ1n) is 11.8. The number of halogens is 4. The maximum absolute atomic E-state index is 13.1. The second-order valence-corrected chi connectivity index (χ2v) is 9.19. The molecular formula is C30H20ClF3N2O4. The van der Waals surface area contributed by atoms with Gasteiger partial charge in [0.1, 0.15) is 11.7 Å². The highest BCUT2D eigenvalue weighted by atomic mass is 35.5. The summed E-state index contributed by atoms with van der Waals surface area (Å²) < 4.78 is 39.2. The molecule has 2 N–H and O–H groups in total. The van der Waals surface area contributed by atoms with Crippen LogP contribution < -0.4 is 10.9 Å². The number of fused-ring (bicyclic) bond motifs is 1. The lowest BCUT2D eigenvalue weighted by Crippen LogP contribution is -2.33. The van der Waals surface area contributed by atoms with Crippen molar-refractivity contribution in [2.45, 2.75) is 18.6 Å². The molecule has 2 aliphatic rings. The summed E-state index contributed by atoms with van der Waals surface area (Å²) in [4.78, 5) is 37.6. The van der Waals surface area contributed by atoms with Crippen molar-refractivity contribution in [1.82, 2.24) is 4.57 Å². The molecule has 0 radical (unpaired) electrons. The zero-order valence-electron chi connectivity index (χ0n) is 20.6. The first kappa shape index (κ1) is 28.2. The molecule has 3 aromatic rings. The highest BCUT2D eigenvalue weighted by molar-refractivity contribution is 6.30. The summed E-state index contributed by atoms with van der Waals surface area (Å²) in [5, 5.41) is 12.5. The number of nitrogens with one attached hydrogen (secondary N) is 1. The van der Waals surface area contributed by atoms with Crippen molar-refractivity contribution >= 4 is 29.2 Å². The van der Waals surface area contributed by atoms with Crippen LogP contribution in [0, 0.1) is 12.3 Å². The van der Waals surface area contributed by atoms with Crippen LogP contribution in [0.15, 0.2) is 89.9 Å². The van der Waals surface area contributed by atoms with E-state index in [-0.39, 0.29) is 23.2 Å². The number of carbonyl (C=O) groups is 2. The number of hydrogen-bond acceptors (Lipinski definition) is 3. The van der Waals surface area contributed by atoms with E-state index in [9.17, 15) is 32.7 Å². The molecule has 5 rings (SSSR count). The van der Waals surface area contributed by atoms with Crippen LogP contribution in [0.1, 0.15) is 33.1 Å². The molecule has 0 aliphatic heterocycles. The number of pyridine rings is 1. The standard InChI is InChI=1S/C24H16ClF3N2O4.C6H4/c1-2-15-11-12-30(19(23(33)34)13-14-3-9-18(25)10-4-14)22(32)20(15)29-21(31)16-5-7-17(8-6-16)24(26,27)28;1-2-5-4-6(5)3-1/h1,3-12,19H,13H2,(H,29,31)(H,33,34);1-4H. The number of carbonyl (C=O) groups excluding carboxylic acids is 1. The minimum Gasteiger partial charge on any atom is -0.480 e. The predicted octanol–water partition coefficient (Wildman–Crippen LogP) is 6.29. The minimum absolute atomic E-state index is 0.0165. The van der Waals surface area contributed by atoms with Gasteiger partial charge in [-0.2, -0.15) is 13.2 Å². The van der Waals surface area contributed by atoms with Gasteiger partial charge in [-0.05, 0) is 65.2 Å². The van der Waals surface area contributed by atoms with Crippen LogP contribution in [0.2, 0.25) is 5.02 Å². The summed E-state index contributed by atoms with van der Waals surface area (Å²) in [5.74, 6) is 0.0496. The van der Waals surface area contributed by atoms with E-state index >= 15 is 0 Å². The maximum Gasteiger partial charge on any atom is 0.416 e. The first-order chi connectivity index (χ1) is 19.0. The molecule has 0 bridgehead atoms. The molecule has 1 heterocycles. The van der Waals surface area contributed by atoms with Crippen molar-refractivity contribution in [3.8, 4) is 23.5 Å². The zero-order chi connectivity index (χ0) is 29.0. The molecule has 1 unspecified atom stereocenters. The lowest BCUT2D eigenvalue weighted by atomic mass is 10.1. The van der Waals surface area contributed by atoms with Crippen LogP contribution in [0.5, 0.6) is 0 Å². The molecule has 0 spiro atoms. The fourth-order valence-electron chi connectivity index (χ4n) is 3.86. The molecule has 0 saturated heterocycles. The predicted molar refractivity (Wildman–Crippen MR) is 145 cm³/mol. The number of aromatic nitrogens is 1. The number of carboxylic acid groups (broad SMARTS) is 1. The van der Waals surface area contributed by atoms with Crippen molar-refractivity contribution in [2.24, 2.45) is 0 Å². The Labute approximate surface area is 231 Å². The quantitative estimate of drug-likeness (QED) is 0.237. The Morgan fingerprint density at radius 1 is 1.00 bits per heavy atom. The van der Waals surface area contributed by atoms with E-state index in [1.54, 1.807) is 24.3 Å². The number of hydrogen-bond donors (Lipinski definition) is 2. The first-order valence-corrected chi connectivity index (χ1v) is 12.1. The Kier molecular flexibility index (Phi) is 8.12. The molecule has 1 atom stereocenters. The third-order valence-corrected chi connectivity index (χ3v) is 6.32. The normalized spacial score (nSPS) is 11.9. The summed E-state index contributed by atoms with van der Waals surface area (Å²) in [6.45, 7) is 0. The summed E-state index contributed by atoms with van der Waals surface area (Å²) in [7, 11) is 0. The topological polar surface area (TPSA) is 88.4 Å². The van der Waals surface area contributed by atoms with Gasteiger partial charge >= 0.3 is 12.1 Å². The Hall–Kier alpha value is -4.81. The van der Waals surface area contributed by atoms with Crippen molar-refractivity contribution in [1.29, 1.82) is 0 Å². The fraction of sp³-hybridized carbons (Fsp3) is 0.100. The number of aliphatic carboxylic acids is 1. The van der Waals surface area contributed by atoms with Crippen LogP contribution in [0.4, 0.5) is 18.9 Å². The van der Waals surface area contributed by atoms with E-state index in [0.29, 0.717) is 10.6 Å². The zero-order valence-corrected chi connectivity index (χ0v) is 21.3. The van der Waals surface area contributed by atoms with E-state index in [2.05, 4.69) is 35.5 Å². The highest BCUT2D eigenvalue weighted by Gasteiger charge is 2.30. The molecule has 10 heteroatoms. The Morgan fingerprint density at radius 2 is 1.62 bits per heavy atom. The van der Waals surface area contributed by atoms with Crippen LogP contribution in [-0.4, -0.2) is 21.6 Å². The second-order valence-electron chi connectivity index (χ2n) is 8.76. The number of rotatable bonds is 6. The Morgan fingerprint density at radius 3 is 2.10 bits per heavy atom. The Balaban J connectivity index is 0.000000534.